The number of hydrogen-bond donors (Lipinski definition) is 0. The summed E-state index contributed by atoms with van der Waals surface area (Å²) in [6, 6.07) is 10.5. The number of nitrogens with zero attached hydrogens (tertiary/aromatic N) is 3. The predicted octanol–water partition coefficient (Wildman–Crippen LogP) is 5.29. The number of alkyl halides is 4. The van der Waals surface area contributed by atoms with Gasteiger partial charge < -0.3 is 4.74 Å². The number of non-ortho nitro benzene ring substituents is 1. The summed E-state index contributed by atoms with van der Waals surface area (Å²) in [7, 11) is 1.39. The summed E-state index contributed by atoms with van der Waals surface area (Å²) < 4.78 is 2.93. The molecule has 4 atom stereocenters. The molecule has 0 spiro atoms. The number of imide groups is 1. The third-order valence-corrected chi connectivity index (χ3v) is 11.6. The van der Waals surface area contributed by atoms with E-state index in [2.05, 4.69) is 0 Å². The first kappa shape index (κ1) is 29.9. The lowest BCUT2D eigenvalue weighted by Crippen LogP contribution is -2.56. The van der Waals surface area contributed by atoms with Crippen LogP contribution in [0, 0.1) is 22.0 Å². The van der Waals surface area contributed by atoms with Crippen LogP contribution in [0.1, 0.15) is 20.7 Å². The van der Waals surface area contributed by atoms with Crippen molar-refractivity contribution < 1.29 is 28.8 Å². The number of Topliss-reactive ketones (excluding diaryl/α,β-unsaturated/α-hetero) is 1. The zero-order valence-electron chi connectivity index (χ0n) is 20.4. The van der Waals surface area contributed by atoms with Crippen molar-refractivity contribution in [2.45, 2.75) is 14.1 Å². The number of allylic oxidation sites excluding steroid dienone is 2. The number of fused-ring (bicyclic) bond motifs is 5. The number of rotatable bonds is 7. The third kappa shape index (κ3) is 3.92. The van der Waals surface area contributed by atoms with Gasteiger partial charge in [0.25, 0.3) is 23.4 Å². The number of carbonyl (C=O) groups excluding carboxylic acids is 4. The lowest BCUT2D eigenvalue weighted by atomic mass is 9.84. The molecule has 214 valence electrons. The Kier molecular flexibility index (Phi) is 7.29. The van der Waals surface area contributed by atoms with Gasteiger partial charge >= 0.3 is 0 Å². The number of benzene rings is 2. The molecule has 1 aliphatic heterocycles. The largest absolute Gasteiger partial charge is 0.497 e. The van der Waals surface area contributed by atoms with Gasteiger partial charge in [-0.15, -0.1) is 23.2 Å². The monoisotopic (exact) mass is 679 g/mol. The van der Waals surface area contributed by atoms with Crippen LogP contribution in [0.25, 0.3) is 0 Å². The molecule has 0 radical (unpaired) electrons. The molecular formula is C25H15Cl6N3O7. The van der Waals surface area contributed by atoms with Gasteiger partial charge in [0, 0.05) is 23.3 Å². The molecule has 3 amide bonds. The van der Waals surface area contributed by atoms with Gasteiger partial charge in [0.05, 0.1) is 33.9 Å². The normalized spacial score (nSPS) is 27.7. The molecule has 3 aliphatic rings. The first-order chi connectivity index (χ1) is 19.1. The molecule has 1 saturated heterocycles. The van der Waals surface area contributed by atoms with Crippen LogP contribution in [0.3, 0.4) is 0 Å². The third-order valence-electron chi connectivity index (χ3n) is 7.35. The molecule has 1 saturated carbocycles. The summed E-state index contributed by atoms with van der Waals surface area (Å²) in [5.74, 6) is -6.78. The van der Waals surface area contributed by atoms with E-state index >= 15 is 0 Å². The van der Waals surface area contributed by atoms with E-state index in [-0.39, 0.29) is 21.2 Å². The van der Waals surface area contributed by atoms with Crippen molar-refractivity contribution >= 4 is 98.8 Å². The lowest BCUT2D eigenvalue weighted by molar-refractivity contribution is -0.384. The van der Waals surface area contributed by atoms with Crippen molar-refractivity contribution in [3.05, 3.63) is 79.8 Å². The molecule has 2 aliphatic carbocycles. The summed E-state index contributed by atoms with van der Waals surface area (Å²) in [6.45, 7) is -0.849. The molecule has 16 heteroatoms. The van der Waals surface area contributed by atoms with Crippen molar-refractivity contribution in [1.82, 2.24) is 10.0 Å². The van der Waals surface area contributed by atoms with Crippen molar-refractivity contribution in [2.75, 3.05) is 13.7 Å². The number of amides is 3. The van der Waals surface area contributed by atoms with E-state index in [0.717, 1.165) is 12.1 Å². The Hall–Kier alpha value is -2.60. The van der Waals surface area contributed by atoms with Crippen molar-refractivity contribution in [2.24, 2.45) is 11.8 Å². The Morgan fingerprint density at radius 1 is 0.951 bits per heavy atom. The Labute approximate surface area is 261 Å². The minimum atomic E-state index is -2.21. The van der Waals surface area contributed by atoms with Gasteiger partial charge in [-0.1, -0.05) is 64.6 Å². The molecule has 0 aromatic heterocycles. The van der Waals surface area contributed by atoms with Crippen LogP contribution in [0.2, 0.25) is 0 Å². The molecule has 10 nitrogen and oxygen atoms in total. The Balaban J connectivity index is 1.61. The Morgan fingerprint density at radius 3 is 2.02 bits per heavy atom. The van der Waals surface area contributed by atoms with Gasteiger partial charge in [0.2, 0.25) is 0 Å². The number of ether oxygens (including phenoxy) is 1. The number of carbonyl (C=O) groups is 4. The molecule has 0 unspecified atom stereocenters. The van der Waals surface area contributed by atoms with E-state index in [9.17, 15) is 29.3 Å². The van der Waals surface area contributed by atoms with Gasteiger partial charge in [0.15, 0.2) is 10.1 Å². The van der Waals surface area contributed by atoms with Crippen LogP contribution >= 0.6 is 69.6 Å². The fraction of sp³-hybridized carbons (Fsp3) is 0.280. The smallest absolute Gasteiger partial charge is 0.273 e. The molecule has 0 N–H and O–H groups in total. The fourth-order valence-electron chi connectivity index (χ4n) is 5.38. The zero-order valence-corrected chi connectivity index (χ0v) is 25.0. The maximum absolute atomic E-state index is 13.9. The number of nitro benzene ring substituents is 1. The summed E-state index contributed by atoms with van der Waals surface area (Å²) >= 11 is 39.3. The van der Waals surface area contributed by atoms with E-state index in [1.165, 1.54) is 37.4 Å². The highest BCUT2D eigenvalue weighted by Gasteiger charge is 2.88. The summed E-state index contributed by atoms with van der Waals surface area (Å²) in [4.78, 5) is 61.3. The number of halogens is 6. The number of methoxy groups -OCH3 is 1. The Morgan fingerprint density at radius 2 is 1.49 bits per heavy atom. The predicted molar refractivity (Wildman–Crippen MR) is 151 cm³/mol. The van der Waals surface area contributed by atoms with Crippen molar-refractivity contribution in [3.63, 3.8) is 0 Å². The SMILES string of the molecule is COc1cccc(C(=O)CN(C(=O)c2cccc([N+](=O)[O-])c2)N2C(=O)[C@@H]3[C@H](C2=O)[C@@]2(Cl)C(Cl)=C(Cl)[C@@]3(Cl)C2(Cl)Cl)c1. The van der Waals surface area contributed by atoms with Crippen LogP contribution in [-0.4, -0.2) is 66.2 Å². The minimum Gasteiger partial charge on any atom is -0.497 e. The number of ketones is 1. The van der Waals surface area contributed by atoms with Crippen LogP contribution in [0.5, 0.6) is 5.75 Å². The second kappa shape index (κ2) is 10.00. The van der Waals surface area contributed by atoms with Gasteiger partial charge in [0.1, 0.15) is 22.0 Å². The maximum Gasteiger partial charge on any atom is 0.273 e. The molecule has 2 aromatic carbocycles. The standard InChI is InChI=1S/C25H15Cl6N3O7/c1-41-14-7-3-4-11(9-14)15(35)10-32(20(36)12-5-2-6-13(8-12)34(39)40)33-21(37)16-17(22(33)38)24(29)19(27)18(26)23(16,28)25(24,30)31/h2-9,16-17H,10H2,1H3/t16-,17+,23-,24-/m1/s1. The summed E-state index contributed by atoms with van der Waals surface area (Å²) in [5, 5.41) is 11.7. The summed E-state index contributed by atoms with van der Waals surface area (Å²) in [5.41, 5.74) is -0.658. The van der Waals surface area contributed by atoms with Gasteiger partial charge in [-0.3, -0.25) is 29.3 Å². The number of hydrazine groups is 1. The highest BCUT2D eigenvalue weighted by atomic mass is 35.5. The van der Waals surface area contributed by atoms with Crippen LogP contribution in [0.15, 0.2) is 58.6 Å². The van der Waals surface area contributed by atoms with Gasteiger partial charge in [-0.05, 0) is 18.2 Å². The molecule has 41 heavy (non-hydrogen) atoms. The van der Waals surface area contributed by atoms with Crippen molar-refractivity contribution in [3.8, 4) is 5.75 Å². The van der Waals surface area contributed by atoms with E-state index in [1.54, 1.807) is 6.07 Å². The molecular weight excluding hydrogens is 667 g/mol. The zero-order chi connectivity index (χ0) is 30.2. The van der Waals surface area contributed by atoms with Crippen LogP contribution < -0.4 is 4.74 Å². The highest BCUT2D eigenvalue weighted by Crippen LogP contribution is 2.77. The minimum absolute atomic E-state index is 0.0801. The quantitative estimate of drug-likeness (QED) is 0.128. The number of hydrogen-bond acceptors (Lipinski definition) is 7. The number of nitro groups is 1. The summed E-state index contributed by atoms with van der Waals surface area (Å²) in [6.07, 6.45) is 0. The lowest BCUT2D eigenvalue weighted by Gasteiger charge is -2.36. The van der Waals surface area contributed by atoms with E-state index in [1.807, 2.05) is 0 Å². The van der Waals surface area contributed by atoms with Crippen LogP contribution in [-0.2, 0) is 9.59 Å². The molecule has 5 rings (SSSR count). The highest BCUT2D eigenvalue weighted by molar-refractivity contribution is 6.66. The second-order valence-corrected chi connectivity index (χ2v) is 12.7. The average Bonchev–Trinajstić information content (AvgIpc) is 3.34. The molecule has 2 fully saturated rings. The topological polar surface area (TPSA) is 127 Å². The van der Waals surface area contributed by atoms with Gasteiger partial charge in [-0.2, -0.15) is 5.01 Å². The van der Waals surface area contributed by atoms with E-state index in [0.29, 0.717) is 15.8 Å². The Bertz CT molecular complexity index is 1550. The van der Waals surface area contributed by atoms with E-state index < -0.39 is 66.6 Å². The first-order valence-corrected chi connectivity index (χ1v) is 13.8. The average molecular weight is 682 g/mol. The van der Waals surface area contributed by atoms with Gasteiger partial charge in [-0.25, -0.2) is 5.01 Å². The first-order valence-electron chi connectivity index (χ1n) is 11.6. The fourth-order valence-corrected chi connectivity index (χ4v) is 8.31. The molecule has 1 heterocycles. The molecule has 2 aromatic rings. The van der Waals surface area contributed by atoms with Crippen molar-refractivity contribution in [1.29, 1.82) is 0 Å². The second-order valence-electron chi connectivity index (χ2n) is 9.39. The van der Waals surface area contributed by atoms with Crippen LogP contribution in [0.4, 0.5) is 5.69 Å². The molecule has 2 bridgehead atoms. The maximum atomic E-state index is 13.9. The van der Waals surface area contributed by atoms with E-state index in [4.69, 9.17) is 74.3 Å².